The molecule has 6 nitrogen and oxygen atoms in total. The van der Waals surface area contributed by atoms with Crippen molar-refractivity contribution in [3.8, 4) is 26.9 Å². The molecule has 1 aliphatic rings. The molecule has 0 radical (unpaired) electrons. The van der Waals surface area contributed by atoms with Crippen molar-refractivity contribution in [2.75, 3.05) is 6.54 Å². The molecular formula is C21H15ClN4O2S2. The van der Waals surface area contributed by atoms with Crippen LogP contribution in [0.4, 0.5) is 0 Å². The monoisotopic (exact) mass is 454 g/mol. The Labute approximate surface area is 185 Å². The van der Waals surface area contributed by atoms with Gasteiger partial charge in [0.1, 0.15) is 22.6 Å². The molecule has 0 fully saturated rings. The summed E-state index contributed by atoms with van der Waals surface area (Å²) < 4.78 is 5.98. The van der Waals surface area contributed by atoms with Gasteiger partial charge < -0.3 is 10.1 Å². The van der Waals surface area contributed by atoms with Gasteiger partial charge in [0.25, 0.3) is 5.91 Å². The number of hydrogen-bond donors (Lipinski definition) is 1. The van der Waals surface area contributed by atoms with Crippen LogP contribution in [-0.2, 0) is 6.42 Å². The van der Waals surface area contributed by atoms with Gasteiger partial charge >= 0.3 is 0 Å². The number of rotatable bonds is 5. The third-order valence-corrected chi connectivity index (χ3v) is 6.83. The molecular weight excluding hydrogens is 440 g/mol. The van der Waals surface area contributed by atoms with Gasteiger partial charge in [0.15, 0.2) is 0 Å². The number of carbonyl (C=O) groups is 1. The predicted octanol–water partition coefficient (Wildman–Crippen LogP) is 4.72. The van der Waals surface area contributed by atoms with Crippen molar-refractivity contribution in [2.45, 2.75) is 12.5 Å². The van der Waals surface area contributed by atoms with E-state index in [1.165, 1.54) is 11.3 Å². The van der Waals surface area contributed by atoms with E-state index in [1.54, 1.807) is 35.3 Å². The van der Waals surface area contributed by atoms with E-state index in [1.807, 2.05) is 29.6 Å². The lowest BCUT2D eigenvalue weighted by Gasteiger charge is -2.11. The predicted molar refractivity (Wildman–Crippen MR) is 118 cm³/mol. The standard InChI is InChI=1S/C21H15ClN4O2S2/c22-15-8-12(16-10-23-3-4-24-16)6-13-7-14(28-19(13)15)9-25-20(27)17-11-30-21(26-17)18-2-1-5-29-18/h1-6,8,10-11,14H,7,9H2,(H,25,27). The van der Waals surface area contributed by atoms with Gasteiger partial charge in [-0.1, -0.05) is 17.7 Å². The molecule has 5 rings (SSSR count). The van der Waals surface area contributed by atoms with E-state index in [0.29, 0.717) is 29.4 Å². The minimum Gasteiger partial charge on any atom is -0.486 e. The Balaban J connectivity index is 1.24. The highest BCUT2D eigenvalue weighted by Gasteiger charge is 2.27. The lowest BCUT2D eigenvalue weighted by molar-refractivity contribution is 0.0929. The number of fused-ring (bicyclic) bond motifs is 1. The second kappa shape index (κ2) is 8.14. The van der Waals surface area contributed by atoms with Crippen LogP contribution in [0.25, 0.3) is 21.1 Å². The van der Waals surface area contributed by atoms with Gasteiger partial charge in [-0.25, -0.2) is 4.98 Å². The molecule has 0 saturated heterocycles. The van der Waals surface area contributed by atoms with Gasteiger partial charge in [-0.3, -0.25) is 14.8 Å². The SMILES string of the molecule is O=C(NCC1Cc2cc(-c3cnccn3)cc(Cl)c2O1)c1csc(-c2cccs2)n1. The summed E-state index contributed by atoms with van der Waals surface area (Å²) in [7, 11) is 0. The Hall–Kier alpha value is -2.81. The Bertz CT molecular complexity index is 1200. The van der Waals surface area contributed by atoms with E-state index in [2.05, 4.69) is 20.3 Å². The average Bonchev–Trinajstić information content (AvgIpc) is 3.52. The molecule has 4 aromatic rings. The summed E-state index contributed by atoms with van der Waals surface area (Å²) in [5, 5.41) is 8.07. The summed E-state index contributed by atoms with van der Waals surface area (Å²) in [4.78, 5) is 26.4. The highest BCUT2D eigenvalue weighted by Crippen LogP contribution is 2.39. The van der Waals surface area contributed by atoms with Gasteiger partial charge in [0.05, 0.1) is 28.3 Å². The van der Waals surface area contributed by atoms with Gasteiger partial charge in [0, 0.05) is 35.3 Å². The van der Waals surface area contributed by atoms with E-state index in [4.69, 9.17) is 16.3 Å². The molecule has 0 spiro atoms. The van der Waals surface area contributed by atoms with Crippen molar-refractivity contribution in [1.82, 2.24) is 20.3 Å². The van der Waals surface area contributed by atoms with Crippen LogP contribution < -0.4 is 10.1 Å². The molecule has 3 aromatic heterocycles. The average molecular weight is 455 g/mol. The molecule has 0 bridgehead atoms. The molecule has 4 heterocycles. The van der Waals surface area contributed by atoms with Crippen LogP contribution in [0.3, 0.4) is 0 Å². The quantitative estimate of drug-likeness (QED) is 0.472. The fourth-order valence-electron chi connectivity index (χ4n) is 3.29. The molecule has 150 valence electrons. The molecule has 0 saturated carbocycles. The maximum atomic E-state index is 12.5. The van der Waals surface area contributed by atoms with Gasteiger partial charge in [-0.15, -0.1) is 22.7 Å². The molecule has 0 aliphatic carbocycles. The minimum absolute atomic E-state index is 0.186. The number of nitrogens with one attached hydrogen (secondary N) is 1. The highest BCUT2D eigenvalue weighted by atomic mass is 35.5. The Morgan fingerprint density at radius 3 is 3.03 bits per heavy atom. The van der Waals surface area contributed by atoms with Crippen molar-refractivity contribution in [3.05, 3.63) is 69.9 Å². The van der Waals surface area contributed by atoms with Gasteiger partial charge in [-0.2, -0.15) is 0 Å². The molecule has 9 heteroatoms. The van der Waals surface area contributed by atoms with Crippen LogP contribution in [0, 0.1) is 0 Å². The number of amides is 1. The van der Waals surface area contributed by atoms with Crippen molar-refractivity contribution >= 4 is 40.2 Å². The van der Waals surface area contributed by atoms with Crippen molar-refractivity contribution < 1.29 is 9.53 Å². The first-order valence-electron chi connectivity index (χ1n) is 9.20. The smallest absolute Gasteiger partial charge is 0.270 e. The first-order chi connectivity index (χ1) is 14.7. The van der Waals surface area contributed by atoms with Crippen molar-refractivity contribution in [3.63, 3.8) is 0 Å². The van der Waals surface area contributed by atoms with E-state index in [-0.39, 0.29) is 12.0 Å². The second-order valence-corrected chi connectivity index (χ2v) is 8.92. The third-order valence-electron chi connectivity index (χ3n) is 4.67. The van der Waals surface area contributed by atoms with Crippen LogP contribution in [0.15, 0.2) is 53.6 Å². The zero-order valence-corrected chi connectivity index (χ0v) is 17.9. The van der Waals surface area contributed by atoms with Crippen molar-refractivity contribution in [1.29, 1.82) is 0 Å². The number of thiophene rings is 1. The molecule has 1 amide bonds. The van der Waals surface area contributed by atoms with Crippen LogP contribution in [0.5, 0.6) is 5.75 Å². The normalized spacial score (nSPS) is 14.9. The zero-order chi connectivity index (χ0) is 20.5. The summed E-state index contributed by atoms with van der Waals surface area (Å²) in [5.74, 6) is 0.456. The summed E-state index contributed by atoms with van der Waals surface area (Å²) in [6, 6.07) is 7.80. The van der Waals surface area contributed by atoms with Gasteiger partial charge in [0.2, 0.25) is 0 Å². The fourth-order valence-corrected chi connectivity index (χ4v) is 5.18. The Morgan fingerprint density at radius 1 is 1.30 bits per heavy atom. The number of halogens is 1. The van der Waals surface area contributed by atoms with E-state index in [9.17, 15) is 4.79 Å². The number of thiazole rings is 1. The van der Waals surface area contributed by atoms with Crippen molar-refractivity contribution in [2.24, 2.45) is 0 Å². The number of carbonyl (C=O) groups excluding carboxylic acids is 1. The van der Waals surface area contributed by atoms with Crippen LogP contribution in [-0.4, -0.2) is 33.5 Å². The van der Waals surface area contributed by atoms with Crippen LogP contribution in [0.2, 0.25) is 5.02 Å². The topological polar surface area (TPSA) is 77.0 Å². The number of hydrogen-bond acceptors (Lipinski definition) is 7. The number of benzene rings is 1. The molecule has 30 heavy (non-hydrogen) atoms. The van der Waals surface area contributed by atoms with Crippen LogP contribution >= 0.6 is 34.3 Å². The number of nitrogens with zero attached hydrogens (tertiary/aromatic N) is 3. The first-order valence-corrected chi connectivity index (χ1v) is 11.3. The van der Waals surface area contributed by atoms with Crippen LogP contribution in [0.1, 0.15) is 16.1 Å². The van der Waals surface area contributed by atoms with E-state index in [0.717, 1.165) is 26.7 Å². The first kappa shape index (κ1) is 19.2. The lowest BCUT2D eigenvalue weighted by atomic mass is 10.0. The molecule has 1 unspecified atom stereocenters. The zero-order valence-electron chi connectivity index (χ0n) is 15.5. The molecule has 1 N–H and O–H groups in total. The summed E-state index contributed by atoms with van der Waals surface area (Å²) >= 11 is 9.50. The Morgan fingerprint density at radius 2 is 2.23 bits per heavy atom. The number of aromatic nitrogens is 3. The number of ether oxygens (including phenoxy) is 1. The Kier molecular flexibility index (Phi) is 5.20. The lowest BCUT2D eigenvalue weighted by Crippen LogP contribution is -2.34. The minimum atomic E-state index is -0.208. The fraction of sp³-hybridized carbons (Fsp3) is 0.143. The molecule has 1 aromatic carbocycles. The molecule has 1 aliphatic heterocycles. The summed E-state index contributed by atoms with van der Waals surface area (Å²) in [6.45, 7) is 0.371. The summed E-state index contributed by atoms with van der Waals surface area (Å²) in [6.07, 6.45) is 5.44. The second-order valence-electron chi connectivity index (χ2n) is 6.71. The van der Waals surface area contributed by atoms with E-state index < -0.39 is 0 Å². The maximum Gasteiger partial charge on any atom is 0.270 e. The highest BCUT2D eigenvalue weighted by molar-refractivity contribution is 7.20. The third kappa shape index (κ3) is 3.81. The maximum absolute atomic E-state index is 12.5. The van der Waals surface area contributed by atoms with Gasteiger partial charge in [-0.05, 0) is 23.6 Å². The molecule has 1 atom stereocenters. The largest absolute Gasteiger partial charge is 0.486 e. The summed E-state index contributed by atoms with van der Waals surface area (Å²) in [5.41, 5.74) is 3.06. The van der Waals surface area contributed by atoms with E-state index >= 15 is 0 Å².